The minimum Gasteiger partial charge on any atom is -0.461 e. The zero-order valence-electron chi connectivity index (χ0n) is 10.2. The van der Waals surface area contributed by atoms with Crippen molar-refractivity contribution in [2.24, 2.45) is 5.41 Å². The smallest absolute Gasteiger partial charge is 0.298 e. The second-order valence-corrected chi connectivity index (χ2v) is 4.81. The Morgan fingerprint density at radius 1 is 1.56 bits per heavy atom. The molecule has 0 aliphatic carbocycles. The van der Waals surface area contributed by atoms with Gasteiger partial charge in [-0.2, -0.15) is 5.26 Å². The average Bonchev–Trinajstić information content (AvgIpc) is 2.91. The molecule has 1 aromatic heterocycles. The SMILES string of the molecule is CC1(C#N)CCCN(C(=O)C(=O)c2ccco2)C1. The quantitative estimate of drug-likeness (QED) is 0.587. The molecule has 0 bridgehead atoms. The fourth-order valence-corrected chi connectivity index (χ4v) is 2.16. The lowest BCUT2D eigenvalue weighted by Gasteiger charge is -2.35. The number of furan rings is 1. The third kappa shape index (κ3) is 2.28. The Bertz CT molecular complexity index is 501. The van der Waals surface area contributed by atoms with E-state index in [9.17, 15) is 9.59 Å². The topological polar surface area (TPSA) is 74.3 Å². The second-order valence-electron chi connectivity index (χ2n) is 4.81. The van der Waals surface area contributed by atoms with Crippen molar-refractivity contribution in [1.29, 1.82) is 5.26 Å². The molecule has 0 radical (unpaired) electrons. The van der Waals surface area contributed by atoms with Crippen molar-refractivity contribution < 1.29 is 14.0 Å². The first-order valence-electron chi connectivity index (χ1n) is 5.84. The minimum atomic E-state index is -0.651. The maximum absolute atomic E-state index is 12.0. The Hall–Kier alpha value is -2.09. The molecule has 5 nitrogen and oxygen atoms in total. The fraction of sp³-hybridized carbons (Fsp3) is 0.462. The van der Waals surface area contributed by atoms with E-state index >= 15 is 0 Å². The molecule has 94 valence electrons. The third-order valence-electron chi connectivity index (χ3n) is 3.19. The van der Waals surface area contributed by atoms with Gasteiger partial charge >= 0.3 is 0 Å². The number of ketones is 1. The first-order valence-corrected chi connectivity index (χ1v) is 5.84. The van der Waals surface area contributed by atoms with E-state index in [0.717, 1.165) is 12.8 Å². The van der Waals surface area contributed by atoms with Crippen molar-refractivity contribution in [2.75, 3.05) is 13.1 Å². The molecule has 0 saturated carbocycles. The fourth-order valence-electron chi connectivity index (χ4n) is 2.16. The van der Waals surface area contributed by atoms with Crippen molar-refractivity contribution >= 4 is 11.7 Å². The van der Waals surface area contributed by atoms with E-state index in [4.69, 9.17) is 9.68 Å². The number of carbonyl (C=O) groups excluding carboxylic acids is 2. The zero-order valence-corrected chi connectivity index (χ0v) is 10.2. The van der Waals surface area contributed by atoms with E-state index in [0.29, 0.717) is 13.1 Å². The number of Topliss-reactive ketones (excluding diaryl/α,β-unsaturated/α-hetero) is 1. The summed E-state index contributed by atoms with van der Waals surface area (Å²) in [6.07, 6.45) is 2.85. The van der Waals surface area contributed by atoms with Crippen molar-refractivity contribution in [3.63, 3.8) is 0 Å². The van der Waals surface area contributed by atoms with Crippen LogP contribution in [0, 0.1) is 16.7 Å². The van der Waals surface area contributed by atoms with Gasteiger partial charge in [-0.15, -0.1) is 0 Å². The summed E-state index contributed by atoms with van der Waals surface area (Å²) in [6, 6.07) is 5.24. The van der Waals surface area contributed by atoms with Crippen molar-refractivity contribution in [1.82, 2.24) is 4.90 Å². The zero-order chi connectivity index (χ0) is 13.2. The van der Waals surface area contributed by atoms with Crippen LogP contribution < -0.4 is 0 Å². The highest BCUT2D eigenvalue weighted by atomic mass is 16.3. The monoisotopic (exact) mass is 246 g/mol. The van der Waals surface area contributed by atoms with Crippen LogP contribution in [0.5, 0.6) is 0 Å². The first-order chi connectivity index (χ1) is 8.56. The van der Waals surface area contributed by atoms with Gasteiger partial charge in [0.1, 0.15) is 0 Å². The first kappa shape index (κ1) is 12.4. The highest BCUT2D eigenvalue weighted by molar-refractivity contribution is 6.41. The van der Waals surface area contributed by atoms with Gasteiger partial charge < -0.3 is 9.32 Å². The van der Waals surface area contributed by atoms with Crippen molar-refractivity contribution in [3.05, 3.63) is 24.2 Å². The lowest BCUT2D eigenvalue weighted by molar-refractivity contribution is -0.128. The Morgan fingerprint density at radius 2 is 2.33 bits per heavy atom. The van der Waals surface area contributed by atoms with Gasteiger partial charge in [0.25, 0.3) is 11.7 Å². The van der Waals surface area contributed by atoms with E-state index < -0.39 is 17.1 Å². The van der Waals surface area contributed by atoms with Crippen LogP contribution in [-0.4, -0.2) is 29.7 Å². The van der Waals surface area contributed by atoms with Gasteiger partial charge in [0.05, 0.1) is 17.7 Å². The van der Waals surface area contributed by atoms with E-state index in [-0.39, 0.29) is 5.76 Å². The molecule has 18 heavy (non-hydrogen) atoms. The molecule has 0 spiro atoms. The molecular weight excluding hydrogens is 232 g/mol. The van der Waals surface area contributed by atoms with Crippen LogP contribution in [0.15, 0.2) is 22.8 Å². The number of nitriles is 1. The molecule has 1 unspecified atom stereocenters. The van der Waals surface area contributed by atoms with Crippen LogP contribution in [-0.2, 0) is 4.79 Å². The number of carbonyl (C=O) groups is 2. The Kier molecular flexibility index (Phi) is 3.19. The highest BCUT2D eigenvalue weighted by Gasteiger charge is 2.35. The summed E-state index contributed by atoms with van der Waals surface area (Å²) < 4.78 is 4.92. The molecule has 5 heteroatoms. The standard InChI is InChI=1S/C13H14N2O3/c1-13(8-14)5-3-6-15(9-13)12(17)11(16)10-4-2-7-18-10/h2,4,7H,3,5-6,9H2,1H3. The highest BCUT2D eigenvalue weighted by Crippen LogP contribution is 2.28. The minimum absolute atomic E-state index is 0.0456. The van der Waals surface area contributed by atoms with Gasteiger partial charge in [-0.3, -0.25) is 9.59 Å². The van der Waals surface area contributed by atoms with E-state index in [1.54, 1.807) is 6.07 Å². The van der Waals surface area contributed by atoms with E-state index in [1.807, 2.05) is 6.92 Å². The molecule has 1 fully saturated rings. The summed E-state index contributed by atoms with van der Waals surface area (Å²) in [5.74, 6) is -1.20. The van der Waals surface area contributed by atoms with Crippen LogP contribution >= 0.6 is 0 Å². The molecule has 1 aliphatic rings. The van der Waals surface area contributed by atoms with Crippen LogP contribution in [0.25, 0.3) is 0 Å². The second kappa shape index (κ2) is 4.65. The summed E-state index contributed by atoms with van der Waals surface area (Å²) in [4.78, 5) is 25.3. The Morgan fingerprint density at radius 3 is 2.94 bits per heavy atom. The molecule has 0 N–H and O–H groups in total. The third-order valence-corrected chi connectivity index (χ3v) is 3.19. The number of likely N-dealkylation sites (tertiary alicyclic amines) is 1. The van der Waals surface area contributed by atoms with Gasteiger partial charge in [-0.05, 0) is 31.9 Å². The van der Waals surface area contributed by atoms with Gasteiger partial charge in [-0.1, -0.05) is 0 Å². The van der Waals surface area contributed by atoms with Crippen molar-refractivity contribution in [2.45, 2.75) is 19.8 Å². The predicted molar refractivity (Wildman–Crippen MR) is 62.6 cm³/mol. The predicted octanol–water partition coefficient (Wildman–Crippen LogP) is 1.61. The largest absolute Gasteiger partial charge is 0.461 e. The number of amides is 1. The van der Waals surface area contributed by atoms with Crippen molar-refractivity contribution in [3.8, 4) is 6.07 Å². The summed E-state index contributed by atoms with van der Waals surface area (Å²) in [5, 5.41) is 9.08. The van der Waals surface area contributed by atoms with Crippen LogP contribution in [0.2, 0.25) is 0 Å². The molecule has 1 atom stereocenters. The number of nitrogens with zero attached hydrogens (tertiary/aromatic N) is 2. The maximum atomic E-state index is 12.0. The number of rotatable bonds is 2. The van der Waals surface area contributed by atoms with Gasteiger partial charge in [0.15, 0.2) is 5.76 Å². The van der Waals surface area contributed by atoms with Gasteiger partial charge in [0, 0.05) is 13.1 Å². The van der Waals surface area contributed by atoms with E-state index in [2.05, 4.69) is 6.07 Å². The summed E-state index contributed by atoms with van der Waals surface area (Å²) in [6.45, 7) is 2.63. The summed E-state index contributed by atoms with van der Waals surface area (Å²) in [5.41, 5.74) is -0.558. The molecule has 2 rings (SSSR count). The normalized spacial score (nSPS) is 23.4. The summed E-state index contributed by atoms with van der Waals surface area (Å²) >= 11 is 0. The molecule has 0 aromatic carbocycles. The van der Waals surface area contributed by atoms with Crippen LogP contribution in [0.3, 0.4) is 0 Å². The number of piperidine rings is 1. The Balaban J connectivity index is 2.10. The number of hydrogen-bond acceptors (Lipinski definition) is 4. The van der Waals surface area contributed by atoms with Gasteiger partial charge in [-0.25, -0.2) is 0 Å². The molecule has 1 amide bonds. The number of hydrogen-bond donors (Lipinski definition) is 0. The van der Waals surface area contributed by atoms with Crippen LogP contribution in [0.4, 0.5) is 0 Å². The lowest BCUT2D eigenvalue weighted by atomic mass is 9.83. The molecule has 1 saturated heterocycles. The lowest BCUT2D eigenvalue weighted by Crippen LogP contribution is -2.46. The maximum Gasteiger partial charge on any atom is 0.298 e. The Labute approximate surface area is 105 Å². The average molecular weight is 246 g/mol. The van der Waals surface area contributed by atoms with Gasteiger partial charge in [0.2, 0.25) is 0 Å². The molecule has 1 aliphatic heterocycles. The molecule has 1 aromatic rings. The molecular formula is C13H14N2O3. The van der Waals surface area contributed by atoms with Crippen LogP contribution in [0.1, 0.15) is 30.3 Å². The summed E-state index contributed by atoms with van der Waals surface area (Å²) in [7, 11) is 0. The van der Waals surface area contributed by atoms with E-state index in [1.165, 1.54) is 17.2 Å². The molecule has 2 heterocycles.